The van der Waals surface area contributed by atoms with E-state index in [0.717, 1.165) is 5.56 Å². The molecule has 0 saturated carbocycles. The van der Waals surface area contributed by atoms with E-state index < -0.39 is 18.0 Å². The lowest BCUT2D eigenvalue weighted by Crippen LogP contribution is -2.29. The first-order valence-corrected chi connectivity index (χ1v) is 8.53. The molecule has 0 bridgehead atoms. The Hall–Kier alpha value is -1.75. The van der Waals surface area contributed by atoms with Crippen molar-refractivity contribution < 1.29 is 19.4 Å². The van der Waals surface area contributed by atoms with Crippen LogP contribution in [-0.2, 0) is 16.6 Å². The molecular weight excluding hydrogens is 387 g/mol. The highest BCUT2D eigenvalue weighted by Crippen LogP contribution is 2.47. The standard InChI is InChI=1S/C18H13Cl3O4/c1-18(10-2-4-11(19)5-3-10)7-9-6-12(25-8-13(22)23)15(20)16(21)14(9)17(18)24/h2-6H,7-8H2,1H3,(H,22,23). The van der Waals surface area contributed by atoms with Crippen molar-refractivity contribution in [3.8, 4) is 5.75 Å². The van der Waals surface area contributed by atoms with E-state index in [9.17, 15) is 9.59 Å². The summed E-state index contributed by atoms with van der Waals surface area (Å²) in [5.41, 5.74) is 1.05. The molecule has 4 nitrogen and oxygen atoms in total. The monoisotopic (exact) mass is 398 g/mol. The molecule has 2 aromatic rings. The Kier molecular flexibility index (Phi) is 4.71. The number of carboxylic acid groups (broad SMARTS) is 1. The minimum Gasteiger partial charge on any atom is -0.480 e. The van der Waals surface area contributed by atoms with Crippen LogP contribution in [0.4, 0.5) is 0 Å². The molecule has 3 rings (SSSR count). The van der Waals surface area contributed by atoms with Gasteiger partial charge >= 0.3 is 5.97 Å². The topological polar surface area (TPSA) is 63.6 Å². The molecule has 130 valence electrons. The molecule has 1 aliphatic rings. The van der Waals surface area contributed by atoms with Gasteiger partial charge in [0.2, 0.25) is 0 Å². The Morgan fingerprint density at radius 1 is 1.20 bits per heavy atom. The predicted molar refractivity (Wildman–Crippen MR) is 96.4 cm³/mol. The Bertz CT molecular complexity index is 877. The van der Waals surface area contributed by atoms with Gasteiger partial charge in [-0.05, 0) is 42.7 Å². The van der Waals surface area contributed by atoms with Crippen LogP contribution < -0.4 is 4.74 Å². The van der Waals surface area contributed by atoms with Crippen molar-refractivity contribution >= 4 is 46.6 Å². The normalized spacial score (nSPS) is 19.0. The predicted octanol–water partition coefficient (Wildman–Crippen LogP) is 4.81. The quantitative estimate of drug-likeness (QED) is 0.801. The van der Waals surface area contributed by atoms with Crippen molar-refractivity contribution in [3.63, 3.8) is 0 Å². The number of halogens is 3. The van der Waals surface area contributed by atoms with Gasteiger partial charge in [0, 0.05) is 10.6 Å². The summed E-state index contributed by atoms with van der Waals surface area (Å²) in [5, 5.41) is 9.47. The van der Waals surface area contributed by atoms with Gasteiger partial charge in [-0.3, -0.25) is 4.79 Å². The van der Waals surface area contributed by atoms with Gasteiger partial charge in [-0.15, -0.1) is 0 Å². The zero-order chi connectivity index (χ0) is 18.4. The maximum atomic E-state index is 13.0. The molecule has 7 heteroatoms. The smallest absolute Gasteiger partial charge is 0.341 e. The van der Waals surface area contributed by atoms with E-state index in [-0.39, 0.29) is 21.6 Å². The molecule has 0 heterocycles. The number of carbonyl (C=O) groups excluding carboxylic acids is 1. The molecule has 1 unspecified atom stereocenters. The van der Waals surface area contributed by atoms with Gasteiger partial charge in [-0.25, -0.2) is 4.79 Å². The van der Waals surface area contributed by atoms with Crippen LogP contribution in [0.3, 0.4) is 0 Å². The third-order valence-electron chi connectivity index (χ3n) is 4.36. The van der Waals surface area contributed by atoms with Crippen LogP contribution in [0.15, 0.2) is 30.3 Å². The van der Waals surface area contributed by atoms with Gasteiger partial charge in [-0.1, -0.05) is 46.9 Å². The fraction of sp³-hybridized carbons (Fsp3) is 0.222. The molecule has 0 saturated heterocycles. The molecule has 0 radical (unpaired) electrons. The van der Waals surface area contributed by atoms with Crippen LogP contribution in [0.5, 0.6) is 5.75 Å². The first kappa shape index (κ1) is 18.1. The van der Waals surface area contributed by atoms with Crippen molar-refractivity contribution in [2.75, 3.05) is 6.61 Å². The van der Waals surface area contributed by atoms with E-state index in [1.165, 1.54) is 0 Å². The van der Waals surface area contributed by atoms with Gasteiger partial charge in [0.25, 0.3) is 0 Å². The van der Waals surface area contributed by atoms with E-state index in [0.29, 0.717) is 22.6 Å². The number of hydrogen-bond donors (Lipinski definition) is 1. The molecular formula is C18H13Cl3O4. The van der Waals surface area contributed by atoms with Gasteiger partial charge in [0.15, 0.2) is 12.4 Å². The minimum atomic E-state index is -1.13. The molecule has 1 aliphatic carbocycles. The average molecular weight is 400 g/mol. The second kappa shape index (κ2) is 6.52. The van der Waals surface area contributed by atoms with Crippen molar-refractivity contribution in [1.29, 1.82) is 0 Å². The lowest BCUT2D eigenvalue weighted by molar-refractivity contribution is -0.139. The molecule has 1 N–H and O–H groups in total. The SMILES string of the molecule is CC1(c2ccc(Cl)cc2)Cc2cc(OCC(=O)O)c(Cl)c(Cl)c2C1=O. The molecule has 25 heavy (non-hydrogen) atoms. The van der Waals surface area contributed by atoms with Crippen LogP contribution in [-0.4, -0.2) is 23.5 Å². The number of fused-ring (bicyclic) bond motifs is 1. The lowest BCUT2D eigenvalue weighted by Gasteiger charge is -2.22. The second-order valence-corrected chi connectivity index (χ2v) is 7.26. The van der Waals surface area contributed by atoms with Crippen LogP contribution in [0.1, 0.15) is 28.4 Å². The van der Waals surface area contributed by atoms with E-state index in [1.807, 2.05) is 19.1 Å². The molecule has 0 aromatic heterocycles. The fourth-order valence-corrected chi connectivity index (χ4v) is 3.70. The van der Waals surface area contributed by atoms with E-state index in [1.54, 1.807) is 18.2 Å². The third kappa shape index (κ3) is 3.10. The number of ketones is 1. The summed E-state index contributed by atoms with van der Waals surface area (Å²) in [5.74, 6) is -1.11. The zero-order valence-corrected chi connectivity index (χ0v) is 15.4. The molecule has 0 fully saturated rings. The van der Waals surface area contributed by atoms with Gasteiger partial charge < -0.3 is 9.84 Å². The summed E-state index contributed by atoms with van der Waals surface area (Å²) in [4.78, 5) is 23.7. The summed E-state index contributed by atoms with van der Waals surface area (Å²) in [6, 6.07) is 8.67. The summed E-state index contributed by atoms with van der Waals surface area (Å²) < 4.78 is 5.18. The first-order chi connectivity index (χ1) is 11.7. The van der Waals surface area contributed by atoms with E-state index in [4.69, 9.17) is 44.6 Å². The Morgan fingerprint density at radius 2 is 1.84 bits per heavy atom. The second-order valence-electron chi connectivity index (χ2n) is 6.06. The maximum absolute atomic E-state index is 13.0. The number of Topliss-reactive ketones (excluding diaryl/α,β-unsaturated/α-hetero) is 1. The number of carbonyl (C=O) groups is 2. The van der Waals surface area contributed by atoms with Gasteiger partial charge in [0.1, 0.15) is 10.8 Å². The summed E-state index contributed by atoms with van der Waals surface area (Å²) >= 11 is 18.4. The largest absolute Gasteiger partial charge is 0.480 e. The highest BCUT2D eigenvalue weighted by atomic mass is 35.5. The number of carboxylic acids is 1. The third-order valence-corrected chi connectivity index (χ3v) is 5.46. The van der Waals surface area contributed by atoms with Crippen molar-refractivity contribution in [2.45, 2.75) is 18.8 Å². The van der Waals surface area contributed by atoms with Crippen LogP contribution in [0, 0.1) is 0 Å². The lowest BCUT2D eigenvalue weighted by atomic mass is 9.79. The average Bonchev–Trinajstić information content (AvgIpc) is 2.82. The molecule has 0 spiro atoms. The number of rotatable bonds is 4. The maximum Gasteiger partial charge on any atom is 0.341 e. The summed E-state index contributed by atoms with van der Waals surface area (Å²) in [7, 11) is 0. The highest BCUT2D eigenvalue weighted by Gasteiger charge is 2.45. The molecule has 1 atom stereocenters. The number of benzene rings is 2. The first-order valence-electron chi connectivity index (χ1n) is 7.40. The van der Waals surface area contributed by atoms with Crippen LogP contribution in [0.25, 0.3) is 0 Å². The summed E-state index contributed by atoms with van der Waals surface area (Å²) in [6.07, 6.45) is 0.406. The van der Waals surface area contributed by atoms with Gasteiger partial charge in [0.05, 0.1) is 10.4 Å². The highest BCUT2D eigenvalue weighted by molar-refractivity contribution is 6.45. The van der Waals surface area contributed by atoms with Gasteiger partial charge in [-0.2, -0.15) is 0 Å². The fourth-order valence-electron chi connectivity index (χ4n) is 3.07. The zero-order valence-electron chi connectivity index (χ0n) is 13.1. The van der Waals surface area contributed by atoms with E-state index in [2.05, 4.69) is 0 Å². The molecule has 0 aliphatic heterocycles. The Morgan fingerprint density at radius 3 is 2.44 bits per heavy atom. The number of hydrogen-bond acceptors (Lipinski definition) is 3. The van der Waals surface area contributed by atoms with Crippen LogP contribution in [0.2, 0.25) is 15.1 Å². The minimum absolute atomic E-state index is 0.0374. The number of aliphatic carboxylic acids is 1. The van der Waals surface area contributed by atoms with Crippen LogP contribution >= 0.6 is 34.8 Å². The number of ether oxygens (including phenoxy) is 1. The van der Waals surface area contributed by atoms with Crippen molar-refractivity contribution in [1.82, 2.24) is 0 Å². The van der Waals surface area contributed by atoms with Crippen molar-refractivity contribution in [2.24, 2.45) is 0 Å². The van der Waals surface area contributed by atoms with E-state index >= 15 is 0 Å². The Labute approximate surface area is 159 Å². The summed E-state index contributed by atoms with van der Waals surface area (Å²) in [6.45, 7) is 1.29. The Balaban J connectivity index is 2.04. The van der Waals surface area contributed by atoms with Crippen molar-refractivity contribution in [3.05, 3.63) is 62.1 Å². The molecule has 0 amide bonds. The molecule has 2 aromatic carbocycles.